The van der Waals surface area contributed by atoms with Gasteiger partial charge in [-0.1, -0.05) is 18.2 Å². The molecule has 0 radical (unpaired) electrons. The third-order valence-electron chi connectivity index (χ3n) is 4.35. The van der Waals surface area contributed by atoms with Crippen molar-refractivity contribution in [2.75, 3.05) is 13.6 Å². The third-order valence-corrected chi connectivity index (χ3v) is 4.35. The molecule has 1 aromatic carbocycles. The molecule has 3 aromatic rings. The number of aliphatic hydroxyl groups excluding tert-OH is 1. The number of aryl methyl sites for hydroxylation is 1. The largest absolute Gasteiger partial charge is 0.390 e. The summed E-state index contributed by atoms with van der Waals surface area (Å²) in [6.07, 6.45) is 3.12. The highest BCUT2D eigenvalue weighted by Crippen LogP contribution is 2.19. The van der Waals surface area contributed by atoms with Crippen LogP contribution in [0.1, 0.15) is 17.0 Å². The molecule has 6 heteroatoms. The minimum Gasteiger partial charge on any atom is -0.390 e. The minimum absolute atomic E-state index is 0.463. The molecule has 0 saturated heterocycles. The van der Waals surface area contributed by atoms with E-state index in [1.807, 2.05) is 49.1 Å². The number of aliphatic hydroxyl groups is 1. The van der Waals surface area contributed by atoms with Crippen molar-refractivity contribution in [2.45, 2.75) is 33.0 Å². The van der Waals surface area contributed by atoms with Crippen LogP contribution >= 0.6 is 0 Å². The van der Waals surface area contributed by atoms with Gasteiger partial charge in [0.2, 0.25) is 0 Å². The van der Waals surface area contributed by atoms with E-state index in [9.17, 15) is 5.11 Å². The molecule has 1 atom stereocenters. The lowest BCUT2D eigenvalue weighted by molar-refractivity contribution is 0.103. The summed E-state index contributed by atoms with van der Waals surface area (Å²) in [6.45, 7) is 5.96. The van der Waals surface area contributed by atoms with E-state index in [0.29, 0.717) is 13.1 Å². The van der Waals surface area contributed by atoms with E-state index in [1.54, 1.807) is 10.9 Å². The van der Waals surface area contributed by atoms with Crippen LogP contribution < -0.4 is 0 Å². The van der Waals surface area contributed by atoms with Gasteiger partial charge in [-0.25, -0.2) is 4.68 Å². The number of benzene rings is 1. The van der Waals surface area contributed by atoms with Crippen LogP contribution in [0.5, 0.6) is 0 Å². The average molecular weight is 339 g/mol. The molecule has 0 bridgehead atoms. The number of hydrogen-bond donors (Lipinski definition) is 1. The first-order valence-electron chi connectivity index (χ1n) is 8.49. The fourth-order valence-corrected chi connectivity index (χ4v) is 3.10. The molecular weight excluding hydrogens is 314 g/mol. The Bertz CT molecular complexity index is 795. The Morgan fingerprint density at radius 3 is 2.60 bits per heavy atom. The topological polar surface area (TPSA) is 59.1 Å². The van der Waals surface area contributed by atoms with Crippen LogP contribution in [0.2, 0.25) is 0 Å². The van der Waals surface area contributed by atoms with Crippen LogP contribution in [-0.2, 0) is 13.1 Å². The third kappa shape index (κ3) is 4.15. The van der Waals surface area contributed by atoms with Gasteiger partial charge < -0.3 is 5.11 Å². The Balaban J connectivity index is 1.67. The second-order valence-corrected chi connectivity index (χ2v) is 6.48. The Hall–Kier alpha value is -2.44. The van der Waals surface area contributed by atoms with Crippen LogP contribution in [0.4, 0.5) is 0 Å². The maximum Gasteiger partial charge on any atom is 0.0862 e. The van der Waals surface area contributed by atoms with Gasteiger partial charge in [0, 0.05) is 36.7 Å². The molecule has 0 fully saturated rings. The first-order valence-corrected chi connectivity index (χ1v) is 8.49. The number of hydrogen-bond acceptors (Lipinski definition) is 4. The number of aromatic nitrogens is 4. The molecule has 0 aliphatic carbocycles. The molecule has 0 amide bonds. The van der Waals surface area contributed by atoms with Gasteiger partial charge in [-0.3, -0.25) is 9.58 Å². The molecule has 0 unspecified atom stereocenters. The molecule has 0 saturated carbocycles. The number of nitrogens with zero attached hydrogens (tertiary/aromatic N) is 5. The first kappa shape index (κ1) is 17.4. The van der Waals surface area contributed by atoms with E-state index in [0.717, 1.165) is 23.6 Å². The van der Waals surface area contributed by atoms with Crippen LogP contribution in [0, 0.1) is 13.8 Å². The van der Waals surface area contributed by atoms with Gasteiger partial charge in [-0.15, -0.1) is 0 Å². The van der Waals surface area contributed by atoms with Crippen molar-refractivity contribution in [2.24, 2.45) is 0 Å². The van der Waals surface area contributed by atoms with Gasteiger partial charge in [-0.2, -0.15) is 10.2 Å². The van der Waals surface area contributed by atoms with Crippen molar-refractivity contribution in [1.29, 1.82) is 0 Å². The molecule has 6 nitrogen and oxygen atoms in total. The minimum atomic E-state index is -0.463. The molecule has 2 aromatic heterocycles. The Morgan fingerprint density at radius 2 is 1.92 bits per heavy atom. The summed E-state index contributed by atoms with van der Waals surface area (Å²) in [5.41, 5.74) is 4.43. The number of para-hydroxylation sites is 1. The molecule has 25 heavy (non-hydrogen) atoms. The van der Waals surface area contributed by atoms with Crippen molar-refractivity contribution < 1.29 is 5.11 Å². The predicted molar refractivity (Wildman–Crippen MR) is 97.6 cm³/mol. The molecule has 0 aliphatic heterocycles. The average Bonchev–Trinajstić information content (AvgIpc) is 3.19. The fraction of sp³-hybridized carbons (Fsp3) is 0.368. The van der Waals surface area contributed by atoms with Gasteiger partial charge >= 0.3 is 0 Å². The van der Waals surface area contributed by atoms with Crippen molar-refractivity contribution in [3.05, 3.63) is 65.7 Å². The first-order chi connectivity index (χ1) is 12.0. The molecular formula is C19H25N5O. The quantitative estimate of drug-likeness (QED) is 0.717. The summed E-state index contributed by atoms with van der Waals surface area (Å²) in [5.74, 6) is 0. The van der Waals surface area contributed by atoms with Crippen LogP contribution in [0.15, 0.2) is 48.8 Å². The fourth-order valence-electron chi connectivity index (χ4n) is 3.10. The maximum absolute atomic E-state index is 10.3. The van der Waals surface area contributed by atoms with E-state index in [2.05, 4.69) is 34.2 Å². The summed E-state index contributed by atoms with van der Waals surface area (Å²) in [6, 6.07) is 12.0. The van der Waals surface area contributed by atoms with E-state index < -0.39 is 6.10 Å². The van der Waals surface area contributed by atoms with Crippen LogP contribution in [-0.4, -0.2) is 49.3 Å². The molecule has 0 aliphatic rings. The lowest BCUT2D eigenvalue weighted by atomic mass is 10.1. The van der Waals surface area contributed by atoms with Crippen molar-refractivity contribution in [3.63, 3.8) is 0 Å². The second kappa shape index (κ2) is 7.63. The van der Waals surface area contributed by atoms with Crippen molar-refractivity contribution >= 4 is 0 Å². The van der Waals surface area contributed by atoms with Crippen molar-refractivity contribution in [3.8, 4) is 5.69 Å². The van der Waals surface area contributed by atoms with Gasteiger partial charge in [0.15, 0.2) is 0 Å². The molecule has 2 heterocycles. The Kier molecular flexibility index (Phi) is 5.31. The summed E-state index contributed by atoms with van der Waals surface area (Å²) in [4.78, 5) is 2.13. The molecule has 1 N–H and O–H groups in total. The van der Waals surface area contributed by atoms with Gasteiger partial charge in [0.05, 0.1) is 24.0 Å². The highest BCUT2D eigenvalue weighted by Gasteiger charge is 2.16. The summed E-state index contributed by atoms with van der Waals surface area (Å²) in [5, 5.41) is 19.1. The van der Waals surface area contributed by atoms with Crippen LogP contribution in [0.25, 0.3) is 5.69 Å². The number of likely N-dealkylation sites (N-methyl/N-ethyl adjacent to an activating group) is 1. The maximum atomic E-state index is 10.3. The summed E-state index contributed by atoms with van der Waals surface area (Å²) < 4.78 is 3.74. The second-order valence-electron chi connectivity index (χ2n) is 6.48. The molecule has 132 valence electrons. The lowest BCUT2D eigenvalue weighted by Crippen LogP contribution is -2.32. The van der Waals surface area contributed by atoms with E-state index in [1.165, 1.54) is 5.56 Å². The highest BCUT2D eigenvalue weighted by atomic mass is 16.3. The predicted octanol–water partition coefficient (Wildman–Crippen LogP) is 2.18. The van der Waals surface area contributed by atoms with Gasteiger partial charge in [0.1, 0.15) is 0 Å². The smallest absolute Gasteiger partial charge is 0.0862 e. The van der Waals surface area contributed by atoms with Crippen molar-refractivity contribution in [1.82, 2.24) is 24.5 Å². The molecule has 0 spiro atoms. The standard InChI is InChI=1S/C19H25N5O/c1-15-19(16(2)24(21-15)17-8-5-4-6-9-17)14-22(3)12-18(25)13-23-11-7-10-20-23/h4-11,18,25H,12-14H2,1-3H3/t18-/m0/s1. The SMILES string of the molecule is Cc1nn(-c2ccccc2)c(C)c1CN(C)C[C@H](O)Cn1cccn1. The van der Waals surface area contributed by atoms with Gasteiger partial charge in [0.25, 0.3) is 0 Å². The number of rotatable bonds is 7. The van der Waals surface area contributed by atoms with Crippen LogP contribution in [0.3, 0.4) is 0 Å². The zero-order valence-electron chi connectivity index (χ0n) is 15.0. The summed E-state index contributed by atoms with van der Waals surface area (Å²) >= 11 is 0. The van der Waals surface area contributed by atoms with E-state index >= 15 is 0 Å². The summed E-state index contributed by atoms with van der Waals surface area (Å²) in [7, 11) is 2.02. The van der Waals surface area contributed by atoms with E-state index in [-0.39, 0.29) is 0 Å². The molecule has 3 rings (SSSR count). The lowest BCUT2D eigenvalue weighted by Gasteiger charge is -2.21. The highest BCUT2D eigenvalue weighted by molar-refractivity contribution is 5.36. The zero-order chi connectivity index (χ0) is 17.8. The van der Waals surface area contributed by atoms with E-state index in [4.69, 9.17) is 0 Å². The zero-order valence-corrected chi connectivity index (χ0v) is 15.0. The Labute approximate surface area is 148 Å². The van der Waals surface area contributed by atoms with Gasteiger partial charge in [-0.05, 0) is 39.1 Å². The monoisotopic (exact) mass is 339 g/mol. The normalized spacial score (nSPS) is 12.7. The Morgan fingerprint density at radius 1 is 1.16 bits per heavy atom.